The lowest BCUT2D eigenvalue weighted by Crippen LogP contribution is -2.26. The average Bonchev–Trinajstić information content (AvgIpc) is 2.71. The molecule has 0 aliphatic rings. The molecule has 1 amide bonds. The minimum Gasteiger partial charge on any atom is -0.322 e. The molecule has 1 N–H and O–H groups in total. The maximum atomic E-state index is 12.7. The molecule has 156 valence electrons. The number of aryl methyl sites for hydroxylation is 3. The molecule has 3 rings (SSSR count). The van der Waals surface area contributed by atoms with Gasteiger partial charge in [-0.15, -0.1) is 0 Å². The summed E-state index contributed by atoms with van der Waals surface area (Å²) in [5.41, 5.74) is 5.35. The number of carbonyl (C=O) groups excluding carboxylic acids is 1. The first-order valence-corrected chi connectivity index (χ1v) is 11.1. The molecule has 0 atom stereocenters. The number of carbonyl (C=O) groups is 1. The number of rotatable bonds is 6. The molecular weight excluding hydrogens is 396 g/mol. The van der Waals surface area contributed by atoms with Crippen LogP contribution in [-0.2, 0) is 16.6 Å². The molecule has 0 saturated carbocycles. The van der Waals surface area contributed by atoms with Gasteiger partial charge in [0.05, 0.1) is 4.90 Å². The van der Waals surface area contributed by atoms with E-state index in [2.05, 4.69) is 5.32 Å². The number of anilines is 1. The van der Waals surface area contributed by atoms with Crippen LogP contribution in [0.5, 0.6) is 0 Å². The third-order valence-electron chi connectivity index (χ3n) is 5.12. The van der Waals surface area contributed by atoms with Crippen molar-refractivity contribution in [3.8, 4) is 0 Å². The molecule has 0 fully saturated rings. The molecule has 0 radical (unpaired) electrons. The van der Waals surface area contributed by atoms with Gasteiger partial charge >= 0.3 is 0 Å². The zero-order chi connectivity index (χ0) is 21.9. The highest BCUT2D eigenvalue weighted by Gasteiger charge is 2.20. The van der Waals surface area contributed by atoms with E-state index < -0.39 is 10.0 Å². The fourth-order valence-corrected chi connectivity index (χ4v) is 4.18. The molecule has 30 heavy (non-hydrogen) atoms. The molecule has 0 aliphatic heterocycles. The zero-order valence-electron chi connectivity index (χ0n) is 17.6. The number of benzene rings is 3. The molecule has 6 heteroatoms. The second kappa shape index (κ2) is 8.81. The van der Waals surface area contributed by atoms with Crippen LogP contribution in [-0.4, -0.2) is 25.7 Å². The molecule has 0 spiro atoms. The summed E-state index contributed by atoms with van der Waals surface area (Å²) in [6.07, 6.45) is 0. The lowest BCUT2D eigenvalue weighted by molar-refractivity contribution is 0.102. The number of sulfonamides is 1. The van der Waals surface area contributed by atoms with Gasteiger partial charge in [0, 0.05) is 24.8 Å². The topological polar surface area (TPSA) is 66.5 Å². The highest BCUT2D eigenvalue weighted by molar-refractivity contribution is 7.89. The van der Waals surface area contributed by atoms with E-state index in [0.29, 0.717) is 5.56 Å². The summed E-state index contributed by atoms with van der Waals surface area (Å²) in [7, 11) is -2.02. The Hall–Kier alpha value is -2.96. The smallest absolute Gasteiger partial charge is 0.255 e. The molecule has 0 bridgehead atoms. The normalized spacial score (nSPS) is 11.5. The van der Waals surface area contributed by atoms with Gasteiger partial charge in [-0.1, -0.05) is 35.9 Å². The van der Waals surface area contributed by atoms with Crippen LogP contribution in [0.4, 0.5) is 5.69 Å². The minimum atomic E-state index is -3.57. The van der Waals surface area contributed by atoms with Gasteiger partial charge in [0.1, 0.15) is 0 Å². The van der Waals surface area contributed by atoms with Crippen molar-refractivity contribution in [1.29, 1.82) is 0 Å². The van der Waals surface area contributed by atoms with E-state index in [4.69, 9.17) is 0 Å². The minimum absolute atomic E-state index is 0.203. The molecule has 0 saturated heterocycles. The molecule has 0 aromatic heterocycles. The number of nitrogens with one attached hydrogen (secondary N) is 1. The highest BCUT2D eigenvalue weighted by Crippen LogP contribution is 2.19. The van der Waals surface area contributed by atoms with E-state index in [1.165, 1.54) is 9.87 Å². The van der Waals surface area contributed by atoms with Crippen LogP contribution in [0.2, 0.25) is 0 Å². The molecule has 0 unspecified atom stereocenters. The third kappa shape index (κ3) is 4.96. The van der Waals surface area contributed by atoms with Gasteiger partial charge in [-0.3, -0.25) is 4.79 Å². The number of nitrogens with zero attached hydrogens (tertiary/aromatic N) is 1. The van der Waals surface area contributed by atoms with Crippen molar-refractivity contribution in [2.45, 2.75) is 32.2 Å². The number of hydrogen-bond acceptors (Lipinski definition) is 3. The number of hydrogen-bond donors (Lipinski definition) is 1. The van der Waals surface area contributed by atoms with Gasteiger partial charge in [0.25, 0.3) is 5.91 Å². The lowest BCUT2D eigenvalue weighted by atomic mass is 10.1. The Morgan fingerprint density at radius 2 is 1.50 bits per heavy atom. The van der Waals surface area contributed by atoms with Crippen LogP contribution in [0.15, 0.2) is 71.6 Å². The van der Waals surface area contributed by atoms with Crippen LogP contribution >= 0.6 is 0 Å². The maximum Gasteiger partial charge on any atom is 0.255 e. The predicted octanol–water partition coefficient (Wildman–Crippen LogP) is 4.68. The standard InChI is InChI=1S/C24H26N2O3S/c1-17-5-13-23(14-6-17)30(28,29)26(4)16-20-8-10-21(11-9-20)24(27)25-22-12-7-18(2)19(3)15-22/h5-15H,16H2,1-4H3,(H,25,27). The second-order valence-electron chi connectivity index (χ2n) is 7.52. The molecule has 3 aromatic rings. The van der Waals surface area contributed by atoms with Gasteiger partial charge in [-0.05, 0) is 73.9 Å². The van der Waals surface area contributed by atoms with Gasteiger partial charge in [-0.2, -0.15) is 4.31 Å². The first-order chi connectivity index (χ1) is 14.2. The van der Waals surface area contributed by atoms with Crippen molar-refractivity contribution < 1.29 is 13.2 Å². The summed E-state index contributed by atoms with van der Waals surface area (Å²) in [6.45, 7) is 6.16. The van der Waals surface area contributed by atoms with E-state index in [9.17, 15) is 13.2 Å². The lowest BCUT2D eigenvalue weighted by Gasteiger charge is -2.17. The Balaban J connectivity index is 1.68. The summed E-state index contributed by atoms with van der Waals surface area (Å²) < 4.78 is 26.8. The van der Waals surface area contributed by atoms with E-state index >= 15 is 0 Å². The van der Waals surface area contributed by atoms with Crippen LogP contribution in [0.25, 0.3) is 0 Å². The summed E-state index contributed by atoms with van der Waals surface area (Å²) in [5.74, 6) is -0.203. The van der Waals surface area contributed by atoms with Gasteiger partial charge in [0.2, 0.25) is 10.0 Å². The van der Waals surface area contributed by atoms with Gasteiger partial charge < -0.3 is 5.32 Å². The Morgan fingerprint density at radius 3 is 2.10 bits per heavy atom. The van der Waals surface area contributed by atoms with Crippen molar-refractivity contribution in [3.05, 3.63) is 94.5 Å². The van der Waals surface area contributed by atoms with E-state index in [1.807, 2.05) is 39.0 Å². The Kier molecular flexibility index (Phi) is 6.39. The van der Waals surface area contributed by atoms with Crippen molar-refractivity contribution >= 4 is 21.6 Å². The van der Waals surface area contributed by atoms with E-state index in [-0.39, 0.29) is 17.3 Å². The van der Waals surface area contributed by atoms with Crippen LogP contribution in [0.3, 0.4) is 0 Å². The highest BCUT2D eigenvalue weighted by atomic mass is 32.2. The van der Waals surface area contributed by atoms with Crippen LogP contribution < -0.4 is 5.32 Å². The maximum absolute atomic E-state index is 12.7. The van der Waals surface area contributed by atoms with Crippen LogP contribution in [0, 0.1) is 20.8 Å². The molecular formula is C24H26N2O3S. The first kappa shape index (κ1) is 21.7. The number of amides is 1. The first-order valence-electron chi connectivity index (χ1n) is 9.67. The van der Waals surface area contributed by atoms with Gasteiger partial charge in [0.15, 0.2) is 0 Å². The predicted molar refractivity (Wildman–Crippen MR) is 120 cm³/mol. The fraction of sp³-hybridized carbons (Fsp3) is 0.208. The molecule has 5 nitrogen and oxygen atoms in total. The van der Waals surface area contributed by atoms with Crippen molar-refractivity contribution in [2.75, 3.05) is 12.4 Å². The van der Waals surface area contributed by atoms with Crippen molar-refractivity contribution in [3.63, 3.8) is 0 Å². The van der Waals surface area contributed by atoms with E-state index in [0.717, 1.165) is 22.4 Å². The Morgan fingerprint density at radius 1 is 0.867 bits per heavy atom. The molecule has 0 aliphatic carbocycles. The zero-order valence-corrected chi connectivity index (χ0v) is 18.5. The Bertz CT molecular complexity index is 1150. The van der Waals surface area contributed by atoms with Crippen molar-refractivity contribution in [1.82, 2.24) is 4.31 Å². The third-order valence-corrected chi connectivity index (χ3v) is 6.93. The molecule has 0 heterocycles. The second-order valence-corrected chi connectivity index (χ2v) is 9.57. The average molecular weight is 423 g/mol. The SMILES string of the molecule is Cc1ccc(S(=O)(=O)N(C)Cc2ccc(C(=O)Nc3ccc(C)c(C)c3)cc2)cc1. The van der Waals surface area contributed by atoms with Crippen LogP contribution in [0.1, 0.15) is 32.6 Å². The summed E-state index contributed by atoms with van der Waals surface area (Å²) in [5, 5.41) is 2.89. The monoisotopic (exact) mass is 422 g/mol. The van der Waals surface area contributed by atoms with Gasteiger partial charge in [-0.25, -0.2) is 8.42 Å². The van der Waals surface area contributed by atoms with E-state index in [1.54, 1.807) is 55.6 Å². The Labute approximate surface area is 178 Å². The summed E-state index contributed by atoms with van der Waals surface area (Å²) in [6, 6.07) is 19.5. The summed E-state index contributed by atoms with van der Waals surface area (Å²) >= 11 is 0. The largest absolute Gasteiger partial charge is 0.322 e. The fourth-order valence-electron chi connectivity index (χ4n) is 3.02. The quantitative estimate of drug-likeness (QED) is 0.627. The summed E-state index contributed by atoms with van der Waals surface area (Å²) in [4.78, 5) is 12.8. The molecule has 3 aromatic carbocycles. The van der Waals surface area contributed by atoms with Crippen molar-refractivity contribution in [2.24, 2.45) is 0 Å².